The average molecular weight is 260 g/mol. The Balaban J connectivity index is 3.21. The SMILES string of the molecule is COC(=O)Cc1cc(CN)c(C(F)F)c(OC)n1. The molecule has 0 unspecified atom stereocenters. The van der Waals surface area contributed by atoms with Gasteiger partial charge in [0.25, 0.3) is 6.43 Å². The summed E-state index contributed by atoms with van der Waals surface area (Å²) in [5.74, 6) is -0.732. The van der Waals surface area contributed by atoms with E-state index in [-0.39, 0.29) is 35.7 Å². The van der Waals surface area contributed by atoms with Gasteiger partial charge in [-0.3, -0.25) is 4.79 Å². The molecule has 0 saturated carbocycles. The minimum atomic E-state index is -2.74. The molecule has 0 aliphatic carbocycles. The molecule has 0 bridgehead atoms. The van der Waals surface area contributed by atoms with Crippen LogP contribution in [0.3, 0.4) is 0 Å². The zero-order valence-electron chi connectivity index (χ0n) is 10.1. The number of aromatic nitrogens is 1. The Morgan fingerprint density at radius 3 is 2.61 bits per heavy atom. The van der Waals surface area contributed by atoms with Gasteiger partial charge in [0.05, 0.1) is 31.9 Å². The summed E-state index contributed by atoms with van der Waals surface area (Å²) in [5, 5.41) is 0. The Labute approximate surface area is 103 Å². The van der Waals surface area contributed by atoms with Gasteiger partial charge < -0.3 is 15.2 Å². The Kier molecular flexibility index (Phi) is 4.96. The van der Waals surface area contributed by atoms with Gasteiger partial charge >= 0.3 is 5.97 Å². The third-order valence-electron chi connectivity index (χ3n) is 2.35. The largest absolute Gasteiger partial charge is 0.481 e. The lowest BCUT2D eigenvalue weighted by Crippen LogP contribution is -2.11. The number of rotatable bonds is 5. The van der Waals surface area contributed by atoms with E-state index in [9.17, 15) is 13.6 Å². The van der Waals surface area contributed by atoms with Gasteiger partial charge in [-0.25, -0.2) is 13.8 Å². The Morgan fingerprint density at radius 2 is 2.17 bits per heavy atom. The van der Waals surface area contributed by atoms with Gasteiger partial charge in [-0.2, -0.15) is 0 Å². The van der Waals surface area contributed by atoms with Gasteiger partial charge in [0.1, 0.15) is 0 Å². The van der Waals surface area contributed by atoms with Crippen LogP contribution in [0.5, 0.6) is 5.88 Å². The van der Waals surface area contributed by atoms with E-state index in [0.29, 0.717) is 0 Å². The van der Waals surface area contributed by atoms with Crippen molar-refractivity contribution in [2.24, 2.45) is 5.73 Å². The molecule has 18 heavy (non-hydrogen) atoms. The highest BCUT2D eigenvalue weighted by Crippen LogP contribution is 2.31. The number of carbonyl (C=O) groups excluding carboxylic acids is 1. The van der Waals surface area contributed by atoms with E-state index in [1.165, 1.54) is 20.3 Å². The van der Waals surface area contributed by atoms with E-state index in [1.54, 1.807) is 0 Å². The lowest BCUT2D eigenvalue weighted by atomic mass is 10.1. The van der Waals surface area contributed by atoms with E-state index in [0.717, 1.165) is 0 Å². The van der Waals surface area contributed by atoms with Crippen molar-refractivity contribution in [2.45, 2.75) is 19.4 Å². The summed E-state index contributed by atoms with van der Waals surface area (Å²) in [7, 11) is 2.47. The normalized spacial score (nSPS) is 10.6. The number of pyridine rings is 1. The van der Waals surface area contributed by atoms with Gasteiger partial charge in [-0.1, -0.05) is 0 Å². The number of hydrogen-bond acceptors (Lipinski definition) is 5. The van der Waals surface area contributed by atoms with Crippen LogP contribution in [0.1, 0.15) is 23.2 Å². The van der Waals surface area contributed by atoms with Crippen molar-refractivity contribution in [2.75, 3.05) is 14.2 Å². The van der Waals surface area contributed by atoms with Gasteiger partial charge in [0.2, 0.25) is 5.88 Å². The molecule has 100 valence electrons. The molecule has 0 aliphatic rings. The van der Waals surface area contributed by atoms with Gasteiger partial charge in [0, 0.05) is 6.54 Å². The maximum atomic E-state index is 12.9. The van der Waals surface area contributed by atoms with Crippen LogP contribution in [0, 0.1) is 0 Å². The molecule has 1 aromatic heterocycles. The minimum Gasteiger partial charge on any atom is -0.481 e. The maximum absolute atomic E-state index is 12.9. The summed E-state index contributed by atoms with van der Waals surface area (Å²) in [6.07, 6.45) is -2.86. The molecule has 0 atom stereocenters. The van der Waals surface area contributed by atoms with Crippen molar-refractivity contribution in [3.05, 3.63) is 22.9 Å². The highest BCUT2D eigenvalue weighted by Gasteiger charge is 2.21. The second-order valence-electron chi connectivity index (χ2n) is 3.45. The van der Waals surface area contributed by atoms with Crippen LogP contribution in [0.15, 0.2) is 6.07 Å². The lowest BCUT2D eigenvalue weighted by molar-refractivity contribution is -0.139. The van der Waals surface area contributed by atoms with Gasteiger partial charge in [0.15, 0.2) is 0 Å². The number of ether oxygens (including phenoxy) is 2. The van der Waals surface area contributed by atoms with Crippen LogP contribution in [-0.4, -0.2) is 25.2 Å². The number of halogens is 2. The first-order valence-corrected chi connectivity index (χ1v) is 5.15. The molecule has 1 heterocycles. The number of nitrogens with two attached hydrogens (primary N) is 1. The van der Waals surface area contributed by atoms with Crippen LogP contribution in [0.2, 0.25) is 0 Å². The Hall–Kier alpha value is -1.76. The molecule has 1 rings (SSSR count). The molecule has 5 nitrogen and oxygen atoms in total. The number of nitrogens with zero attached hydrogens (tertiary/aromatic N) is 1. The zero-order chi connectivity index (χ0) is 13.7. The molecular weight excluding hydrogens is 246 g/mol. The molecule has 0 saturated heterocycles. The van der Waals surface area contributed by atoms with E-state index in [2.05, 4.69) is 9.72 Å². The fraction of sp³-hybridized carbons (Fsp3) is 0.455. The van der Waals surface area contributed by atoms with Crippen LogP contribution in [0.4, 0.5) is 8.78 Å². The van der Waals surface area contributed by atoms with Crippen molar-refractivity contribution >= 4 is 5.97 Å². The predicted molar refractivity (Wildman–Crippen MR) is 59.4 cm³/mol. The fourth-order valence-corrected chi connectivity index (χ4v) is 1.51. The average Bonchev–Trinajstić information content (AvgIpc) is 2.36. The lowest BCUT2D eigenvalue weighted by Gasteiger charge is -2.13. The quantitative estimate of drug-likeness (QED) is 0.805. The summed E-state index contributed by atoms with van der Waals surface area (Å²) in [6.45, 7) is -0.0905. The molecule has 0 spiro atoms. The van der Waals surface area contributed by atoms with E-state index >= 15 is 0 Å². The summed E-state index contributed by atoms with van der Waals surface area (Å²) >= 11 is 0. The first-order chi connectivity index (χ1) is 8.53. The van der Waals surface area contributed by atoms with Crippen molar-refractivity contribution in [1.29, 1.82) is 0 Å². The smallest absolute Gasteiger partial charge is 0.311 e. The third-order valence-corrected chi connectivity index (χ3v) is 2.35. The zero-order valence-corrected chi connectivity index (χ0v) is 10.1. The first kappa shape index (κ1) is 14.3. The minimum absolute atomic E-state index is 0.0905. The maximum Gasteiger partial charge on any atom is 0.311 e. The molecule has 0 radical (unpaired) electrons. The molecule has 0 aliphatic heterocycles. The summed E-state index contributed by atoms with van der Waals surface area (Å²) < 4.78 is 35.0. The monoisotopic (exact) mass is 260 g/mol. The summed E-state index contributed by atoms with van der Waals surface area (Å²) in [5.41, 5.74) is 5.56. The second-order valence-corrected chi connectivity index (χ2v) is 3.45. The highest BCUT2D eigenvalue weighted by atomic mass is 19.3. The Morgan fingerprint density at radius 1 is 1.50 bits per heavy atom. The highest BCUT2D eigenvalue weighted by molar-refractivity contribution is 5.72. The van der Waals surface area contributed by atoms with Crippen molar-refractivity contribution in [3.8, 4) is 5.88 Å². The number of carbonyl (C=O) groups is 1. The van der Waals surface area contributed by atoms with Crippen molar-refractivity contribution < 1.29 is 23.0 Å². The molecule has 0 amide bonds. The predicted octanol–water partition coefficient (Wildman–Crippen LogP) is 1.20. The summed E-state index contributed by atoms with van der Waals surface area (Å²) in [4.78, 5) is 15.0. The third kappa shape index (κ3) is 3.13. The van der Waals surface area contributed by atoms with Crippen LogP contribution < -0.4 is 10.5 Å². The number of esters is 1. The topological polar surface area (TPSA) is 74.4 Å². The first-order valence-electron chi connectivity index (χ1n) is 5.15. The van der Waals surface area contributed by atoms with Gasteiger partial charge in [-0.05, 0) is 11.6 Å². The molecule has 0 aromatic carbocycles. The molecule has 2 N–H and O–H groups in total. The van der Waals surface area contributed by atoms with Crippen LogP contribution >= 0.6 is 0 Å². The van der Waals surface area contributed by atoms with E-state index in [1.807, 2.05) is 0 Å². The number of methoxy groups -OCH3 is 2. The van der Waals surface area contributed by atoms with Crippen molar-refractivity contribution in [3.63, 3.8) is 0 Å². The molecule has 0 fully saturated rings. The second kappa shape index (κ2) is 6.25. The Bertz CT molecular complexity index is 413. The fourth-order valence-electron chi connectivity index (χ4n) is 1.51. The van der Waals surface area contributed by atoms with Crippen LogP contribution in [0.25, 0.3) is 0 Å². The molecular formula is C11H14F2N2O3. The van der Waals surface area contributed by atoms with E-state index in [4.69, 9.17) is 10.5 Å². The number of alkyl halides is 2. The van der Waals surface area contributed by atoms with Crippen LogP contribution in [-0.2, 0) is 22.5 Å². The molecule has 1 aromatic rings. The van der Waals surface area contributed by atoms with E-state index < -0.39 is 12.4 Å². The standard InChI is InChI=1S/C11H14F2N2O3/c1-17-8(16)4-7-3-6(5-14)9(10(12)13)11(15-7)18-2/h3,10H,4-5,14H2,1-2H3. The number of hydrogen-bond donors (Lipinski definition) is 1. The molecule has 7 heteroatoms. The van der Waals surface area contributed by atoms with Gasteiger partial charge in [-0.15, -0.1) is 0 Å². The summed E-state index contributed by atoms with van der Waals surface area (Å²) in [6, 6.07) is 1.36. The van der Waals surface area contributed by atoms with Crippen molar-refractivity contribution in [1.82, 2.24) is 4.98 Å².